The summed E-state index contributed by atoms with van der Waals surface area (Å²) in [6.07, 6.45) is 0.560. The highest BCUT2D eigenvalue weighted by molar-refractivity contribution is 7.89. The van der Waals surface area contributed by atoms with E-state index >= 15 is 0 Å². The van der Waals surface area contributed by atoms with Gasteiger partial charge >= 0.3 is 0 Å². The Morgan fingerprint density at radius 1 is 1.11 bits per heavy atom. The molecule has 0 saturated heterocycles. The van der Waals surface area contributed by atoms with Gasteiger partial charge in [-0.2, -0.15) is 4.31 Å². The number of nitrogens with zero attached hydrogens (tertiary/aromatic N) is 4. The first-order chi connectivity index (χ1) is 18.2. The molecular formula is C28H37N5O4S. The highest BCUT2D eigenvalue weighted by atomic mass is 32.2. The van der Waals surface area contributed by atoms with Gasteiger partial charge in [0.25, 0.3) is 5.56 Å². The fourth-order valence-corrected chi connectivity index (χ4v) is 6.06. The molecule has 0 spiro atoms. The van der Waals surface area contributed by atoms with Crippen molar-refractivity contribution in [2.24, 2.45) is 5.73 Å². The van der Waals surface area contributed by atoms with E-state index in [4.69, 9.17) is 15.5 Å². The fourth-order valence-electron chi connectivity index (χ4n) is 4.50. The number of benzene rings is 2. The number of rotatable bonds is 12. The van der Waals surface area contributed by atoms with Gasteiger partial charge in [0.2, 0.25) is 10.0 Å². The molecule has 204 valence electrons. The number of sulfonamides is 1. The van der Waals surface area contributed by atoms with Gasteiger partial charge in [0.15, 0.2) is 0 Å². The van der Waals surface area contributed by atoms with Crippen molar-refractivity contribution in [1.29, 1.82) is 0 Å². The molecule has 0 fully saturated rings. The van der Waals surface area contributed by atoms with Crippen LogP contribution in [0.25, 0.3) is 0 Å². The second kappa shape index (κ2) is 12.3. The molecule has 10 heteroatoms. The van der Waals surface area contributed by atoms with Crippen LogP contribution in [0.3, 0.4) is 0 Å². The Balaban J connectivity index is 1.57. The van der Waals surface area contributed by atoms with Crippen molar-refractivity contribution < 1.29 is 13.2 Å². The largest absolute Gasteiger partial charge is 0.370 e. The van der Waals surface area contributed by atoms with E-state index in [0.717, 1.165) is 11.1 Å². The molecule has 1 aliphatic heterocycles. The molecule has 0 saturated carbocycles. The van der Waals surface area contributed by atoms with E-state index in [2.05, 4.69) is 0 Å². The van der Waals surface area contributed by atoms with Gasteiger partial charge in [-0.05, 0) is 51.6 Å². The van der Waals surface area contributed by atoms with E-state index < -0.39 is 10.0 Å². The molecule has 3 aromatic rings. The summed E-state index contributed by atoms with van der Waals surface area (Å²) in [6.45, 7) is 6.30. The Labute approximate surface area is 224 Å². The molecule has 0 aliphatic carbocycles. The van der Waals surface area contributed by atoms with Gasteiger partial charge in [-0.3, -0.25) is 14.3 Å². The van der Waals surface area contributed by atoms with Crippen molar-refractivity contribution in [3.8, 4) is 0 Å². The van der Waals surface area contributed by atoms with Gasteiger partial charge in [-0.25, -0.2) is 13.4 Å². The van der Waals surface area contributed by atoms with Crippen molar-refractivity contribution in [3.63, 3.8) is 0 Å². The lowest BCUT2D eigenvalue weighted by atomic mass is 10.2. The summed E-state index contributed by atoms with van der Waals surface area (Å²) in [5.41, 5.74) is 8.94. The Morgan fingerprint density at radius 2 is 1.82 bits per heavy atom. The van der Waals surface area contributed by atoms with Gasteiger partial charge in [-0.1, -0.05) is 48.0 Å². The smallest absolute Gasteiger partial charge is 0.259 e. The normalized spacial score (nSPS) is 14.3. The standard InChI is InChI=1S/C28H37N5O4S/c1-21-10-12-24(13-11-21)38(35,36)32(15-7-14-29)16-22(2)31(3)18-27-30-26-20-37-19-25(26)28(34)33(27)17-23-8-5-4-6-9-23/h4-6,8-13,22H,7,14-20,29H2,1-3H3. The first kappa shape index (κ1) is 28.1. The molecular weight excluding hydrogens is 502 g/mol. The van der Waals surface area contributed by atoms with E-state index in [1.165, 1.54) is 4.31 Å². The van der Waals surface area contributed by atoms with Crippen LogP contribution in [-0.4, -0.2) is 59.9 Å². The lowest BCUT2D eigenvalue weighted by molar-refractivity contribution is 0.132. The second-order valence-electron chi connectivity index (χ2n) is 9.91. The monoisotopic (exact) mass is 539 g/mol. The maximum absolute atomic E-state index is 13.5. The quantitative estimate of drug-likeness (QED) is 0.376. The molecule has 1 aromatic heterocycles. The lowest BCUT2D eigenvalue weighted by Crippen LogP contribution is -2.44. The zero-order valence-corrected chi connectivity index (χ0v) is 23.2. The summed E-state index contributed by atoms with van der Waals surface area (Å²) in [7, 11) is -1.77. The minimum atomic E-state index is -3.69. The van der Waals surface area contributed by atoms with Crippen molar-refractivity contribution in [2.45, 2.75) is 57.5 Å². The molecule has 1 unspecified atom stereocenters. The summed E-state index contributed by atoms with van der Waals surface area (Å²) in [6, 6.07) is 16.6. The third kappa shape index (κ3) is 6.39. The van der Waals surface area contributed by atoms with Crippen LogP contribution in [0.15, 0.2) is 64.3 Å². The predicted molar refractivity (Wildman–Crippen MR) is 147 cm³/mol. The lowest BCUT2D eigenvalue weighted by Gasteiger charge is -2.31. The van der Waals surface area contributed by atoms with Gasteiger partial charge in [0, 0.05) is 19.1 Å². The van der Waals surface area contributed by atoms with E-state index in [0.29, 0.717) is 56.3 Å². The summed E-state index contributed by atoms with van der Waals surface area (Å²) >= 11 is 0. The minimum Gasteiger partial charge on any atom is -0.370 e. The first-order valence-electron chi connectivity index (χ1n) is 12.9. The van der Waals surface area contributed by atoms with Crippen molar-refractivity contribution in [2.75, 3.05) is 26.7 Å². The number of hydrogen-bond acceptors (Lipinski definition) is 7. The first-order valence-corrected chi connectivity index (χ1v) is 14.3. The third-order valence-corrected chi connectivity index (χ3v) is 8.86. The third-order valence-electron chi connectivity index (χ3n) is 6.98. The van der Waals surface area contributed by atoms with Crippen molar-refractivity contribution >= 4 is 10.0 Å². The van der Waals surface area contributed by atoms with E-state index in [1.54, 1.807) is 28.8 Å². The summed E-state index contributed by atoms with van der Waals surface area (Å²) < 4.78 is 35.7. The topological polar surface area (TPSA) is 111 Å². The number of fused-ring (bicyclic) bond motifs is 1. The van der Waals surface area contributed by atoms with Crippen molar-refractivity contribution in [3.05, 3.63) is 93.2 Å². The second-order valence-corrected chi connectivity index (χ2v) is 11.8. The number of ether oxygens (including phenoxy) is 1. The molecule has 1 aliphatic rings. The molecule has 2 aromatic carbocycles. The van der Waals surface area contributed by atoms with Crippen molar-refractivity contribution in [1.82, 2.24) is 18.8 Å². The van der Waals surface area contributed by atoms with Crippen LogP contribution >= 0.6 is 0 Å². The van der Waals surface area contributed by atoms with Crippen LogP contribution in [0.4, 0.5) is 0 Å². The maximum atomic E-state index is 13.5. The van der Waals surface area contributed by atoms with Gasteiger partial charge < -0.3 is 10.5 Å². The highest BCUT2D eigenvalue weighted by Crippen LogP contribution is 2.20. The Bertz CT molecular complexity index is 1390. The zero-order chi connectivity index (χ0) is 27.3. The number of aromatic nitrogens is 2. The zero-order valence-electron chi connectivity index (χ0n) is 22.3. The molecule has 9 nitrogen and oxygen atoms in total. The van der Waals surface area contributed by atoms with E-state index in [-0.39, 0.29) is 29.6 Å². The maximum Gasteiger partial charge on any atom is 0.259 e. The van der Waals surface area contributed by atoms with Crippen LogP contribution in [0, 0.1) is 6.92 Å². The van der Waals surface area contributed by atoms with Crippen LogP contribution in [0.5, 0.6) is 0 Å². The molecule has 4 rings (SSSR count). The summed E-state index contributed by atoms with van der Waals surface area (Å²) in [4.78, 5) is 20.5. The van der Waals surface area contributed by atoms with E-state index in [1.807, 2.05) is 56.1 Å². The molecule has 0 bridgehead atoms. The molecule has 2 N–H and O–H groups in total. The summed E-state index contributed by atoms with van der Waals surface area (Å²) in [5.74, 6) is 0.632. The number of hydrogen-bond donors (Lipinski definition) is 1. The molecule has 1 atom stereocenters. The fraction of sp³-hybridized carbons (Fsp3) is 0.429. The number of aryl methyl sites for hydroxylation is 1. The molecule has 2 heterocycles. The van der Waals surface area contributed by atoms with Crippen LogP contribution in [0.1, 0.15) is 41.6 Å². The average molecular weight is 540 g/mol. The van der Waals surface area contributed by atoms with Gasteiger partial charge in [0.1, 0.15) is 5.82 Å². The number of likely N-dealkylation sites (N-methyl/N-ethyl adjacent to an activating group) is 1. The van der Waals surface area contributed by atoms with Crippen LogP contribution in [0.2, 0.25) is 0 Å². The minimum absolute atomic E-state index is 0.0843. The summed E-state index contributed by atoms with van der Waals surface area (Å²) in [5, 5.41) is 0. The predicted octanol–water partition coefficient (Wildman–Crippen LogP) is 2.49. The Morgan fingerprint density at radius 3 is 2.50 bits per heavy atom. The molecule has 0 amide bonds. The van der Waals surface area contributed by atoms with Crippen LogP contribution < -0.4 is 11.3 Å². The SMILES string of the molecule is Cc1ccc(S(=O)(=O)N(CCCN)CC(C)N(C)Cc2nc3c(c(=O)n2Cc2ccccc2)COC3)cc1. The van der Waals surface area contributed by atoms with Gasteiger partial charge in [-0.15, -0.1) is 0 Å². The Kier molecular flexibility index (Phi) is 9.11. The molecule has 38 heavy (non-hydrogen) atoms. The molecule has 0 radical (unpaired) electrons. The van der Waals surface area contributed by atoms with Crippen LogP contribution in [-0.2, 0) is 41.1 Å². The Hall–Kier alpha value is -2.89. The average Bonchev–Trinajstić information content (AvgIpc) is 3.38. The highest BCUT2D eigenvalue weighted by Gasteiger charge is 2.28. The number of nitrogens with two attached hydrogens (primary N) is 1. The van der Waals surface area contributed by atoms with E-state index in [9.17, 15) is 13.2 Å². The van der Waals surface area contributed by atoms with Gasteiger partial charge in [0.05, 0.1) is 42.5 Å².